The highest BCUT2D eigenvalue weighted by atomic mass is 19.1. The third-order valence-corrected chi connectivity index (χ3v) is 6.35. The van der Waals surface area contributed by atoms with E-state index in [1.807, 2.05) is 48.5 Å². The maximum atomic E-state index is 14.7. The maximum absolute atomic E-state index is 14.7. The van der Waals surface area contributed by atoms with Gasteiger partial charge >= 0.3 is 12.1 Å². The molecule has 2 aliphatic carbocycles. The van der Waals surface area contributed by atoms with Crippen LogP contribution in [0, 0.1) is 5.82 Å². The summed E-state index contributed by atoms with van der Waals surface area (Å²) >= 11 is 0. The lowest BCUT2D eigenvalue weighted by Crippen LogP contribution is -2.37. The molecule has 0 aliphatic heterocycles. The van der Waals surface area contributed by atoms with Crippen LogP contribution in [0.1, 0.15) is 40.2 Å². The average molecular weight is 474 g/mol. The van der Waals surface area contributed by atoms with Crippen molar-refractivity contribution in [2.24, 2.45) is 0 Å². The van der Waals surface area contributed by atoms with Crippen molar-refractivity contribution in [1.29, 1.82) is 0 Å². The summed E-state index contributed by atoms with van der Waals surface area (Å²) in [6, 6.07) is 19.4. The Morgan fingerprint density at radius 3 is 2.17 bits per heavy atom. The van der Waals surface area contributed by atoms with Crippen LogP contribution in [0.15, 0.2) is 66.7 Å². The number of hydrogen-bond acceptors (Lipinski definition) is 4. The number of rotatable bonds is 7. The summed E-state index contributed by atoms with van der Waals surface area (Å²) in [5, 5.41) is 11.5. The molecule has 0 saturated heterocycles. The molecule has 7 nitrogen and oxygen atoms in total. The predicted molar refractivity (Wildman–Crippen MR) is 127 cm³/mol. The molecule has 2 amide bonds. The van der Waals surface area contributed by atoms with Crippen molar-refractivity contribution in [3.63, 3.8) is 0 Å². The molecule has 1 saturated carbocycles. The summed E-state index contributed by atoms with van der Waals surface area (Å²) in [6.07, 6.45) is 0.640. The first-order valence-electron chi connectivity index (χ1n) is 11.4. The van der Waals surface area contributed by atoms with Crippen molar-refractivity contribution < 1.29 is 28.6 Å². The van der Waals surface area contributed by atoms with Gasteiger partial charge < -0.3 is 14.7 Å². The Balaban J connectivity index is 1.25. The highest BCUT2D eigenvalue weighted by molar-refractivity contribution is 5.97. The second kappa shape index (κ2) is 9.21. The van der Waals surface area contributed by atoms with Crippen LogP contribution in [0.5, 0.6) is 0 Å². The van der Waals surface area contributed by atoms with Crippen LogP contribution in [0.4, 0.5) is 14.9 Å². The number of amides is 2. The van der Waals surface area contributed by atoms with Gasteiger partial charge in [0.1, 0.15) is 19.0 Å². The van der Waals surface area contributed by atoms with Gasteiger partial charge in [-0.05, 0) is 53.3 Å². The molecule has 0 atom stereocenters. The first-order chi connectivity index (χ1) is 16.9. The number of nitrogens with zero attached hydrogens (tertiary/aromatic N) is 1. The number of carboxylic acids is 1. The zero-order chi connectivity index (χ0) is 24.5. The van der Waals surface area contributed by atoms with E-state index < -0.39 is 30.3 Å². The Labute approximate surface area is 201 Å². The van der Waals surface area contributed by atoms with Crippen LogP contribution in [-0.4, -0.2) is 47.2 Å². The fourth-order valence-electron chi connectivity index (χ4n) is 4.56. The summed E-state index contributed by atoms with van der Waals surface area (Å²) in [4.78, 5) is 37.4. The fourth-order valence-corrected chi connectivity index (χ4v) is 4.56. The molecule has 3 aromatic carbocycles. The second-order valence-corrected chi connectivity index (χ2v) is 8.70. The molecule has 1 fully saturated rings. The molecule has 178 valence electrons. The Kier molecular flexibility index (Phi) is 5.94. The number of halogens is 1. The van der Waals surface area contributed by atoms with Crippen molar-refractivity contribution >= 4 is 23.7 Å². The largest absolute Gasteiger partial charge is 0.480 e. The number of anilines is 1. The first-order valence-corrected chi connectivity index (χ1v) is 11.4. The molecule has 2 N–H and O–H groups in total. The summed E-state index contributed by atoms with van der Waals surface area (Å²) < 4.78 is 20.1. The number of carbonyl (C=O) groups excluding carboxylic acids is 2. The van der Waals surface area contributed by atoms with Crippen molar-refractivity contribution in [3.05, 3.63) is 89.2 Å². The Morgan fingerprint density at radius 1 is 0.971 bits per heavy atom. The monoisotopic (exact) mass is 474 g/mol. The number of ether oxygens (including phenoxy) is 1. The predicted octanol–water partition coefficient (Wildman–Crippen LogP) is 4.88. The number of benzene rings is 3. The molecule has 35 heavy (non-hydrogen) atoms. The Morgan fingerprint density at radius 2 is 1.60 bits per heavy atom. The SMILES string of the molecule is O=C(O)CN(C(=O)c1ccc(NC(=O)OCC2c3ccccc3-c3ccccc32)c(F)c1)C1CC1. The molecule has 0 aromatic heterocycles. The van der Waals surface area contributed by atoms with Crippen LogP contribution < -0.4 is 5.32 Å². The van der Waals surface area contributed by atoms with Crippen molar-refractivity contribution in [3.8, 4) is 11.1 Å². The lowest BCUT2D eigenvalue weighted by atomic mass is 9.98. The first kappa shape index (κ1) is 22.6. The van der Waals surface area contributed by atoms with Crippen LogP contribution >= 0.6 is 0 Å². The van der Waals surface area contributed by atoms with Gasteiger partial charge in [0.25, 0.3) is 5.91 Å². The van der Waals surface area contributed by atoms with Crippen LogP contribution in [0.25, 0.3) is 11.1 Å². The third-order valence-electron chi connectivity index (χ3n) is 6.35. The summed E-state index contributed by atoms with van der Waals surface area (Å²) in [7, 11) is 0. The Hall–Kier alpha value is -4.20. The number of carboxylic acid groups (broad SMARTS) is 1. The van der Waals surface area contributed by atoms with Gasteiger partial charge in [-0.2, -0.15) is 0 Å². The summed E-state index contributed by atoms with van der Waals surface area (Å²) in [5.74, 6) is -2.61. The quantitative estimate of drug-likeness (QED) is 0.509. The lowest BCUT2D eigenvalue weighted by Gasteiger charge is -2.20. The number of aliphatic carboxylic acids is 1. The normalized spacial score (nSPS) is 14.1. The van der Waals surface area contributed by atoms with Crippen LogP contribution in [0.2, 0.25) is 0 Å². The third kappa shape index (κ3) is 4.59. The molecule has 0 bridgehead atoms. The number of fused-ring (bicyclic) bond motifs is 3. The van der Waals surface area contributed by atoms with E-state index in [4.69, 9.17) is 9.84 Å². The van der Waals surface area contributed by atoms with Crippen LogP contribution in [0.3, 0.4) is 0 Å². The highest BCUT2D eigenvalue weighted by Crippen LogP contribution is 2.44. The van der Waals surface area contributed by atoms with Gasteiger partial charge in [-0.25, -0.2) is 9.18 Å². The maximum Gasteiger partial charge on any atom is 0.411 e. The van der Waals surface area contributed by atoms with E-state index in [0.29, 0.717) is 0 Å². The molecular weight excluding hydrogens is 451 g/mol. The molecule has 3 aromatic rings. The Bertz CT molecular complexity index is 1270. The van der Waals surface area contributed by atoms with Crippen LogP contribution in [-0.2, 0) is 9.53 Å². The number of hydrogen-bond donors (Lipinski definition) is 2. The van der Waals surface area contributed by atoms with E-state index in [1.165, 1.54) is 17.0 Å². The van der Waals surface area contributed by atoms with Gasteiger partial charge in [-0.3, -0.25) is 14.9 Å². The summed E-state index contributed by atoms with van der Waals surface area (Å²) in [5.41, 5.74) is 4.23. The van der Waals surface area contributed by atoms with Crippen molar-refractivity contribution in [1.82, 2.24) is 4.90 Å². The topological polar surface area (TPSA) is 95.9 Å². The van der Waals surface area contributed by atoms with Gasteiger partial charge in [0.05, 0.1) is 5.69 Å². The molecule has 0 spiro atoms. The minimum Gasteiger partial charge on any atom is -0.480 e. The highest BCUT2D eigenvalue weighted by Gasteiger charge is 2.34. The zero-order valence-corrected chi connectivity index (χ0v) is 18.7. The van der Waals surface area contributed by atoms with E-state index >= 15 is 0 Å². The van der Waals surface area contributed by atoms with Gasteiger partial charge in [0.2, 0.25) is 0 Å². The minimum absolute atomic E-state index is 0.0220. The molecule has 0 unspecified atom stereocenters. The molecule has 0 radical (unpaired) electrons. The van der Waals surface area contributed by atoms with Gasteiger partial charge in [0.15, 0.2) is 0 Å². The van der Waals surface area contributed by atoms with Gasteiger partial charge in [-0.1, -0.05) is 48.5 Å². The van der Waals surface area contributed by atoms with Gasteiger partial charge in [-0.15, -0.1) is 0 Å². The van der Waals surface area contributed by atoms with Crippen molar-refractivity contribution in [2.45, 2.75) is 24.8 Å². The number of carbonyl (C=O) groups is 3. The molecule has 5 rings (SSSR count). The minimum atomic E-state index is -1.13. The van der Waals surface area contributed by atoms with E-state index in [9.17, 15) is 18.8 Å². The van der Waals surface area contributed by atoms with E-state index in [2.05, 4.69) is 5.32 Å². The zero-order valence-electron chi connectivity index (χ0n) is 18.7. The second-order valence-electron chi connectivity index (χ2n) is 8.70. The van der Waals surface area contributed by atoms with E-state index in [-0.39, 0.29) is 29.8 Å². The van der Waals surface area contributed by atoms with Gasteiger partial charge in [0, 0.05) is 17.5 Å². The number of nitrogens with one attached hydrogen (secondary N) is 1. The fraction of sp³-hybridized carbons (Fsp3) is 0.222. The molecule has 2 aliphatic rings. The molecular formula is C27H23FN2O5. The molecule has 8 heteroatoms. The smallest absolute Gasteiger partial charge is 0.411 e. The average Bonchev–Trinajstić information content (AvgIpc) is 3.64. The lowest BCUT2D eigenvalue weighted by molar-refractivity contribution is -0.137. The summed E-state index contributed by atoms with van der Waals surface area (Å²) in [6.45, 7) is -0.353. The van der Waals surface area contributed by atoms with E-state index in [0.717, 1.165) is 41.2 Å². The van der Waals surface area contributed by atoms with Crippen molar-refractivity contribution in [2.75, 3.05) is 18.5 Å². The molecule has 0 heterocycles. The van der Waals surface area contributed by atoms with E-state index in [1.54, 1.807) is 0 Å². The standard InChI is InChI=1S/C27H23FN2O5/c28-23-13-16(26(33)30(14-25(31)32)17-10-11-17)9-12-24(23)29-27(34)35-15-22-20-7-3-1-5-18(20)19-6-2-4-8-21(19)22/h1-9,12-13,17,22H,10-11,14-15H2,(H,29,34)(H,31,32).